The Labute approximate surface area is 124 Å². The smallest absolute Gasteiger partial charge is 0.137 e. The van der Waals surface area contributed by atoms with Crippen LogP contribution in [0.4, 0.5) is 0 Å². The lowest BCUT2D eigenvalue weighted by Gasteiger charge is -2.05. The average molecular weight is 288 g/mol. The van der Waals surface area contributed by atoms with Gasteiger partial charge in [-0.25, -0.2) is 0 Å². The van der Waals surface area contributed by atoms with Gasteiger partial charge in [-0.15, -0.1) is 11.8 Å². The first-order valence-electron chi connectivity index (χ1n) is 7.09. The molecule has 3 nitrogen and oxygen atoms in total. The van der Waals surface area contributed by atoms with Crippen LogP contribution < -0.4 is 5.32 Å². The van der Waals surface area contributed by atoms with Crippen LogP contribution in [0.1, 0.15) is 35.4 Å². The van der Waals surface area contributed by atoms with Crippen LogP contribution in [0.25, 0.3) is 0 Å². The van der Waals surface area contributed by atoms with Gasteiger partial charge in [0.2, 0.25) is 0 Å². The predicted molar refractivity (Wildman–Crippen MR) is 81.8 cm³/mol. The molecule has 1 N–H and O–H groups in total. The van der Waals surface area contributed by atoms with Crippen LogP contribution in [0.15, 0.2) is 33.7 Å². The van der Waals surface area contributed by atoms with Crippen LogP contribution in [0.3, 0.4) is 0 Å². The summed E-state index contributed by atoms with van der Waals surface area (Å²) < 4.78 is 5.19. The third-order valence-corrected chi connectivity index (χ3v) is 4.70. The molecule has 1 aromatic carbocycles. The lowest BCUT2D eigenvalue weighted by atomic mass is 10.2. The van der Waals surface area contributed by atoms with E-state index in [1.165, 1.54) is 28.9 Å². The van der Waals surface area contributed by atoms with Gasteiger partial charge in [-0.3, -0.25) is 0 Å². The molecule has 106 valence electrons. The number of hydrogen-bond acceptors (Lipinski definition) is 4. The van der Waals surface area contributed by atoms with E-state index < -0.39 is 0 Å². The highest BCUT2D eigenvalue weighted by molar-refractivity contribution is 7.98. The molecule has 0 amide bonds. The Morgan fingerprint density at radius 2 is 2.00 bits per heavy atom. The zero-order valence-corrected chi connectivity index (χ0v) is 12.8. The molecule has 1 aliphatic carbocycles. The molecule has 1 saturated carbocycles. The molecule has 0 spiro atoms. The van der Waals surface area contributed by atoms with Crippen molar-refractivity contribution in [2.75, 3.05) is 0 Å². The van der Waals surface area contributed by atoms with Gasteiger partial charge >= 0.3 is 0 Å². The van der Waals surface area contributed by atoms with Crippen molar-refractivity contribution in [1.29, 1.82) is 0 Å². The van der Waals surface area contributed by atoms with Gasteiger partial charge in [0.05, 0.1) is 5.69 Å². The SMILES string of the molecule is Cc1noc(C)c1CSc1ccc(CNC2CC2)cc1. The number of aryl methyl sites for hydroxylation is 2. The van der Waals surface area contributed by atoms with Gasteiger partial charge in [0.1, 0.15) is 5.76 Å². The lowest BCUT2D eigenvalue weighted by Crippen LogP contribution is -2.14. The third kappa shape index (κ3) is 3.44. The number of aromatic nitrogens is 1. The second kappa shape index (κ2) is 6.02. The molecule has 0 aliphatic heterocycles. The third-order valence-electron chi connectivity index (χ3n) is 3.66. The Hall–Kier alpha value is -1.26. The summed E-state index contributed by atoms with van der Waals surface area (Å²) in [4.78, 5) is 1.29. The second-order valence-corrected chi connectivity index (χ2v) is 6.44. The molecule has 1 aliphatic rings. The van der Waals surface area contributed by atoms with Crippen molar-refractivity contribution in [2.45, 2.75) is 49.9 Å². The summed E-state index contributed by atoms with van der Waals surface area (Å²) >= 11 is 1.83. The Balaban J connectivity index is 1.54. The van der Waals surface area contributed by atoms with Crippen molar-refractivity contribution in [1.82, 2.24) is 10.5 Å². The van der Waals surface area contributed by atoms with Crippen molar-refractivity contribution < 1.29 is 4.52 Å². The minimum Gasteiger partial charge on any atom is -0.361 e. The number of benzene rings is 1. The molecule has 0 unspecified atom stereocenters. The van der Waals surface area contributed by atoms with E-state index in [0.29, 0.717) is 0 Å². The second-order valence-electron chi connectivity index (χ2n) is 5.39. The molecule has 0 saturated heterocycles. The fraction of sp³-hybridized carbons (Fsp3) is 0.438. The fourth-order valence-electron chi connectivity index (χ4n) is 2.12. The van der Waals surface area contributed by atoms with Crippen molar-refractivity contribution >= 4 is 11.8 Å². The van der Waals surface area contributed by atoms with E-state index in [4.69, 9.17) is 4.52 Å². The van der Waals surface area contributed by atoms with E-state index in [9.17, 15) is 0 Å². The number of hydrogen-bond donors (Lipinski definition) is 1. The van der Waals surface area contributed by atoms with Crippen LogP contribution in [0.5, 0.6) is 0 Å². The molecule has 2 aromatic rings. The summed E-state index contributed by atoms with van der Waals surface area (Å²) in [5, 5.41) is 7.53. The molecular weight excluding hydrogens is 268 g/mol. The van der Waals surface area contributed by atoms with E-state index >= 15 is 0 Å². The number of nitrogens with zero attached hydrogens (tertiary/aromatic N) is 1. The Kier molecular flexibility index (Phi) is 4.13. The molecule has 0 atom stereocenters. The summed E-state index contributed by atoms with van der Waals surface area (Å²) in [6, 6.07) is 9.60. The van der Waals surface area contributed by atoms with Crippen LogP contribution in [0, 0.1) is 13.8 Å². The first kappa shape index (κ1) is 13.7. The van der Waals surface area contributed by atoms with Gasteiger partial charge < -0.3 is 9.84 Å². The summed E-state index contributed by atoms with van der Waals surface area (Å²) in [6.07, 6.45) is 2.68. The van der Waals surface area contributed by atoms with E-state index in [2.05, 4.69) is 34.7 Å². The molecule has 3 rings (SSSR count). The fourth-order valence-corrected chi connectivity index (χ4v) is 3.17. The molecule has 4 heteroatoms. The Morgan fingerprint density at radius 3 is 2.60 bits per heavy atom. The standard InChI is InChI=1S/C16H20N2OS/c1-11-16(12(2)19-18-11)10-20-15-7-3-13(4-8-15)9-17-14-5-6-14/h3-4,7-8,14,17H,5-6,9-10H2,1-2H3. The van der Waals surface area contributed by atoms with E-state index in [0.717, 1.165) is 29.8 Å². The summed E-state index contributed by atoms with van der Waals surface area (Å²) in [5.41, 5.74) is 3.58. The Morgan fingerprint density at radius 1 is 1.25 bits per heavy atom. The molecule has 20 heavy (non-hydrogen) atoms. The molecule has 1 fully saturated rings. The van der Waals surface area contributed by atoms with Crippen LogP contribution in [-0.2, 0) is 12.3 Å². The largest absolute Gasteiger partial charge is 0.361 e. The molecule has 0 radical (unpaired) electrons. The highest BCUT2D eigenvalue weighted by Gasteiger charge is 2.19. The summed E-state index contributed by atoms with van der Waals surface area (Å²) in [5.74, 6) is 1.85. The topological polar surface area (TPSA) is 38.1 Å². The first-order valence-corrected chi connectivity index (χ1v) is 8.08. The van der Waals surface area contributed by atoms with Gasteiger partial charge in [-0.1, -0.05) is 17.3 Å². The van der Waals surface area contributed by atoms with Gasteiger partial charge in [0.25, 0.3) is 0 Å². The maximum Gasteiger partial charge on any atom is 0.137 e. The highest BCUT2D eigenvalue weighted by atomic mass is 32.2. The molecule has 1 heterocycles. The number of rotatable bonds is 6. The average Bonchev–Trinajstić information content (AvgIpc) is 3.23. The van der Waals surface area contributed by atoms with Crippen molar-refractivity contribution in [3.63, 3.8) is 0 Å². The van der Waals surface area contributed by atoms with Crippen LogP contribution >= 0.6 is 11.8 Å². The lowest BCUT2D eigenvalue weighted by molar-refractivity contribution is 0.392. The molecule has 1 aromatic heterocycles. The molecular formula is C16H20N2OS. The zero-order valence-electron chi connectivity index (χ0n) is 12.0. The molecule has 0 bridgehead atoms. The minimum atomic E-state index is 0.767. The van der Waals surface area contributed by atoms with E-state index in [1.807, 2.05) is 25.6 Å². The quantitative estimate of drug-likeness (QED) is 0.820. The van der Waals surface area contributed by atoms with Crippen molar-refractivity contribution in [3.8, 4) is 0 Å². The van der Waals surface area contributed by atoms with Crippen molar-refractivity contribution in [3.05, 3.63) is 46.8 Å². The maximum atomic E-state index is 5.19. The highest BCUT2D eigenvalue weighted by Crippen LogP contribution is 2.26. The van der Waals surface area contributed by atoms with Gasteiger partial charge in [0.15, 0.2) is 0 Å². The van der Waals surface area contributed by atoms with Crippen LogP contribution in [0.2, 0.25) is 0 Å². The summed E-state index contributed by atoms with van der Waals surface area (Å²) in [6.45, 7) is 4.96. The zero-order chi connectivity index (χ0) is 13.9. The Bertz CT molecular complexity index is 553. The van der Waals surface area contributed by atoms with E-state index in [1.54, 1.807) is 0 Å². The van der Waals surface area contributed by atoms with Gasteiger partial charge in [-0.2, -0.15) is 0 Å². The van der Waals surface area contributed by atoms with Crippen LogP contribution in [-0.4, -0.2) is 11.2 Å². The predicted octanol–water partition coefficient (Wildman–Crippen LogP) is 3.84. The van der Waals surface area contributed by atoms with Gasteiger partial charge in [0, 0.05) is 28.8 Å². The number of nitrogens with one attached hydrogen (secondary N) is 1. The van der Waals surface area contributed by atoms with E-state index in [-0.39, 0.29) is 0 Å². The first-order chi connectivity index (χ1) is 9.72. The monoisotopic (exact) mass is 288 g/mol. The maximum absolute atomic E-state index is 5.19. The normalized spacial score (nSPS) is 14.7. The minimum absolute atomic E-state index is 0.767. The number of thioether (sulfide) groups is 1. The summed E-state index contributed by atoms with van der Waals surface area (Å²) in [7, 11) is 0. The van der Waals surface area contributed by atoms with Crippen molar-refractivity contribution in [2.24, 2.45) is 0 Å². The van der Waals surface area contributed by atoms with Gasteiger partial charge in [-0.05, 0) is 44.4 Å².